The van der Waals surface area contributed by atoms with Crippen LogP contribution in [0.3, 0.4) is 0 Å². The molecule has 25 heavy (non-hydrogen) atoms. The molecule has 2 rings (SSSR count). The molecule has 1 fully saturated rings. The molecule has 1 aromatic rings. The van der Waals surface area contributed by atoms with Crippen molar-refractivity contribution >= 4 is 11.8 Å². The van der Waals surface area contributed by atoms with Crippen LogP contribution in [0.4, 0.5) is 0 Å². The second-order valence-corrected chi connectivity index (χ2v) is 5.92. The Morgan fingerprint density at radius 3 is 2.76 bits per heavy atom. The van der Waals surface area contributed by atoms with Gasteiger partial charge in [-0.15, -0.1) is 0 Å². The lowest BCUT2D eigenvalue weighted by Gasteiger charge is -2.32. The van der Waals surface area contributed by atoms with Gasteiger partial charge in [-0.25, -0.2) is 0 Å². The molecule has 1 aliphatic heterocycles. The van der Waals surface area contributed by atoms with E-state index in [9.17, 15) is 9.59 Å². The number of ether oxygens (including phenoxy) is 3. The molecule has 2 amide bonds. The van der Waals surface area contributed by atoms with Crippen LogP contribution < -0.4 is 10.1 Å². The van der Waals surface area contributed by atoms with Crippen molar-refractivity contribution < 1.29 is 23.8 Å². The van der Waals surface area contributed by atoms with E-state index in [1.807, 2.05) is 24.3 Å². The molecule has 7 nitrogen and oxygen atoms in total. The molecule has 7 heteroatoms. The Hall–Kier alpha value is -2.12. The molecular weight excluding hydrogens is 324 g/mol. The molecule has 1 atom stereocenters. The smallest absolute Gasteiger partial charge is 0.248 e. The third-order valence-electron chi connectivity index (χ3n) is 4.11. The summed E-state index contributed by atoms with van der Waals surface area (Å²) in [5, 5.41) is 2.88. The standard InChI is InChI=1S/C18H26N2O5/c1-23-10-9-20-12-16(25-13-18(20)22)11-19-17(21)8-5-14-3-6-15(24-2)7-4-14/h3-4,6-7,16H,5,8-13H2,1-2H3,(H,19,21). The van der Waals surface area contributed by atoms with Gasteiger partial charge in [0.05, 0.1) is 19.8 Å². The first kappa shape index (κ1) is 19.2. The molecule has 1 N–H and O–H groups in total. The maximum Gasteiger partial charge on any atom is 0.248 e. The zero-order valence-corrected chi connectivity index (χ0v) is 14.8. The zero-order valence-electron chi connectivity index (χ0n) is 14.8. The highest BCUT2D eigenvalue weighted by Gasteiger charge is 2.26. The lowest BCUT2D eigenvalue weighted by molar-refractivity contribution is -0.149. The van der Waals surface area contributed by atoms with Crippen LogP contribution in [0.25, 0.3) is 0 Å². The molecule has 0 aliphatic carbocycles. The van der Waals surface area contributed by atoms with Gasteiger partial charge in [-0.05, 0) is 24.1 Å². The summed E-state index contributed by atoms with van der Waals surface area (Å²) in [6.07, 6.45) is 0.894. The van der Waals surface area contributed by atoms with Gasteiger partial charge < -0.3 is 24.4 Å². The van der Waals surface area contributed by atoms with Gasteiger partial charge in [0, 0.05) is 33.2 Å². The number of rotatable bonds is 9. The highest BCUT2D eigenvalue weighted by molar-refractivity contribution is 5.78. The minimum atomic E-state index is -0.181. The summed E-state index contributed by atoms with van der Waals surface area (Å²) in [7, 11) is 3.23. The average molecular weight is 350 g/mol. The summed E-state index contributed by atoms with van der Waals surface area (Å²) in [6.45, 7) is 1.96. The fraction of sp³-hybridized carbons (Fsp3) is 0.556. The van der Waals surface area contributed by atoms with E-state index >= 15 is 0 Å². The number of nitrogens with zero attached hydrogens (tertiary/aromatic N) is 1. The van der Waals surface area contributed by atoms with Gasteiger partial charge in [0.1, 0.15) is 12.4 Å². The molecule has 0 aromatic heterocycles. The number of amides is 2. The molecule has 1 saturated heterocycles. The largest absolute Gasteiger partial charge is 0.497 e. The van der Waals surface area contributed by atoms with Gasteiger partial charge in [0.15, 0.2) is 0 Å². The molecule has 1 aromatic carbocycles. The second kappa shape index (κ2) is 10.0. The summed E-state index contributed by atoms with van der Waals surface area (Å²) < 4.78 is 15.6. The zero-order chi connectivity index (χ0) is 18.1. The Morgan fingerprint density at radius 2 is 2.08 bits per heavy atom. The topological polar surface area (TPSA) is 77.1 Å². The molecule has 0 bridgehead atoms. The number of carbonyl (C=O) groups is 2. The minimum Gasteiger partial charge on any atom is -0.497 e. The van der Waals surface area contributed by atoms with Crippen molar-refractivity contribution in [2.45, 2.75) is 18.9 Å². The van der Waals surface area contributed by atoms with Gasteiger partial charge in [0.2, 0.25) is 11.8 Å². The fourth-order valence-corrected chi connectivity index (χ4v) is 2.59. The van der Waals surface area contributed by atoms with Crippen molar-refractivity contribution in [3.8, 4) is 5.75 Å². The van der Waals surface area contributed by atoms with E-state index < -0.39 is 0 Å². The lowest BCUT2D eigenvalue weighted by Crippen LogP contribution is -2.51. The summed E-state index contributed by atoms with van der Waals surface area (Å²) in [6, 6.07) is 7.68. The Bertz CT molecular complexity index is 561. The van der Waals surface area contributed by atoms with Crippen LogP contribution in [0.5, 0.6) is 5.75 Å². The second-order valence-electron chi connectivity index (χ2n) is 5.92. The minimum absolute atomic E-state index is 0.0280. The predicted molar refractivity (Wildman–Crippen MR) is 92.5 cm³/mol. The van der Waals surface area contributed by atoms with Crippen LogP contribution in [-0.2, 0) is 25.5 Å². The van der Waals surface area contributed by atoms with E-state index in [0.717, 1.165) is 11.3 Å². The van der Waals surface area contributed by atoms with E-state index in [-0.39, 0.29) is 24.5 Å². The number of nitrogens with one attached hydrogen (secondary N) is 1. The predicted octanol–water partition coefficient (Wildman–Crippen LogP) is 0.618. The van der Waals surface area contributed by atoms with Crippen molar-refractivity contribution in [2.24, 2.45) is 0 Å². The van der Waals surface area contributed by atoms with E-state index in [2.05, 4.69) is 5.32 Å². The number of morpholine rings is 1. The maximum atomic E-state index is 12.0. The monoisotopic (exact) mass is 350 g/mol. The van der Waals surface area contributed by atoms with Crippen molar-refractivity contribution in [3.05, 3.63) is 29.8 Å². The van der Waals surface area contributed by atoms with Gasteiger partial charge in [-0.3, -0.25) is 9.59 Å². The first-order chi connectivity index (χ1) is 12.1. The van der Waals surface area contributed by atoms with Crippen LogP contribution in [0.15, 0.2) is 24.3 Å². The van der Waals surface area contributed by atoms with Crippen molar-refractivity contribution in [1.82, 2.24) is 10.2 Å². The Kier molecular flexibility index (Phi) is 7.69. The molecule has 1 heterocycles. The van der Waals surface area contributed by atoms with Crippen molar-refractivity contribution in [2.75, 3.05) is 47.1 Å². The molecule has 1 unspecified atom stereocenters. The number of methoxy groups -OCH3 is 2. The quantitative estimate of drug-likeness (QED) is 0.706. The summed E-state index contributed by atoms with van der Waals surface area (Å²) in [5.41, 5.74) is 1.08. The number of carbonyl (C=O) groups excluding carboxylic acids is 2. The van der Waals surface area contributed by atoms with E-state index in [1.54, 1.807) is 19.1 Å². The highest BCUT2D eigenvalue weighted by atomic mass is 16.5. The third-order valence-corrected chi connectivity index (χ3v) is 4.11. The van der Waals surface area contributed by atoms with Crippen LogP contribution in [0.1, 0.15) is 12.0 Å². The van der Waals surface area contributed by atoms with Crippen LogP contribution in [0, 0.1) is 0 Å². The number of hydrogen-bond acceptors (Lipinski definition) is 5. The van der Waals surface area contributed by atoms with Gasteiger partial charge in [-0.2, -0.15) is 0 Å². The molecule has 1 aliphatic rings. The molecular formula is C18H26N2O5. The molecule has 0 radical (unpaired) electrons. The number of aryl methyl sites for hydroxylation is 1. The Labute approximate surface area is 148 Å². The van der Waals surface area contributed by atoms with E-state index in [0.29, 0.717) is 39.1 Å². The van der Waals surface area contributed by atoms with Crippen molar-refractivity contribution in [3.63, 3.8) is 0 Å². The Balaban J connectivity index is 1.69. The fourth-order valence-electron chi connectivity index (χ4n) is 2.59. The highest BCUT2D eigenvalue weighted by Crippen LogP contribution is 2.12. The number of benzene rings is 1. The lowest BCUT2D eigenvalue weighted by atomic mass is 10.1. The summed E-state index contributed by atoms with van der Waals surface area (Å²) in [4.78, 5) is 25.5. The summed E-state index contributed by atoms with van der Waals surface area (Å²) >= 11 is 0. The molecule has 138 valence electrons. The van der Waals surface area contributed by atoms with Gasteiger partial charge in [-0.1, -0.05) is 12.1 Å². The maximum absolute atomic E-state index is 12.0. The van der Waals surface area contributed by atoms with Crippen LogP contribution in [-0.4, -0.2) is 69.9 Å². The van der Waals surface area contributed by atoms with E-state index in [1.165, 1.54) is 0 Å². The van der Waals surface area contributed by atoms with Crippen molar-refractivity contribution in [1.29, 1.82) is 0 Å². The number of hydrogen-bond donors (Lipinski definition) is 1. The normalized spacial score (nSPS) is 17.4. The average Bonchev–Trinajstić information content (AvgIpc) is 2.65. The van der Waals surface area contributed by atoms with Gasteiger partial charge >= 0.3 is 0 Å². The van der Waals surface area contributed by atoms with Gasteiger partial charge in [0.25, 0.3) is 0 Å². The molecule has 0 spiro atoms. The van der Waals surface area contributed by atoms with Crippen LogP contribution in [0.2, 0.25) is 0 Å². The Morgan fingerprint density at radius 1 is 1.32 bits per heavy atom. The van der Waals surface area contributed by atoms with E-state index in [4.69, 9.17) is 14.2 Å². The first-order valence-corrected chi connectivity index (χ1v) is 8.40. The van der Waals surface area contributed by atoms with Crippen LogP contribution >= 0.6 is 0 Å². The SMILES string of the molecule is COCCN1CC(CNC(=O)CCc2ccc(OC)cc2)OCC1=O. The third kappa shape index (κ3) is 6.36. The first-order valence-electron chi connectivity index (χ1n) is 8.40. The summed E-state index contributed by atoms with van der Waals surface area (Å²) in [5.74, 6) is 0.731. The molecule has 0 saturated carbocycles.